The van der Waals surface area contributed by atoms with Crippen LogP contribution in [-0.2, 0) is 22.4 Å². The fourth-order valence-electron chi connectivity index (χ4n) is 7.86. The first-order valence-electron chi connectivity index (χ1n) is 13.1. The van der Waals surface area contributed by atoms with Gasteiger partial charge in [-0.05, 0) is 101 Å². The molecule has 7 rings (SSSR count). The van der Waals surface area contributed by atoms with Crippen LogP contribution in [0.3, 0.4) is 0 Å². The van der Waals surface area contributed by atoms with Crippen LogP contribution in [0.1, 0.15) is 74.1 Å². The zero-order valence-electron chi connectivity index (χ0n) is 20.3. The highest BCUT2D eigenvalue weighted by molar-refractivity contribution is 5.94. The Balaban J connectivity index is 1.29. The van der Waals surface area contributed by atoms with E-state index < -0.39 is 0 Å². The number of benzene rings is 1. The summed E-state index contributed by atoms with van der Waals surface area (Å²) in [6.07, 6.45) is 8.51. The SMILES string of the molecule is CCOC(=O)C1CCc2c(c(C(=O)NC(C)C34CC5CC(C3)C(C5)C4)nn2-c2ccccc2)C1. The number of amides is 1. The largest absolute Gasteiger partial charge is 0.466 e. The van der Waals surface area contributed by atoms with Crippen molar-refractivity contribution < 1.29 is 14.3 Å². The monoisotopic (exact) mass is 461 g/mol. The Kier molecular flexibility index (Phi) is 5.30. The lowest BCUT2D eigenvalue weighted by Crippen LogP contribution is -2.48. The Hall–Kier alpha value is -2.63. The Morgan fingerprint density at radius 2 is 1.91 bits per heavy atom. The van der Waals surface area contributed by atoms with Gasteiger partial charge in [0.1, 0.15) is 0 Å². The molecule has 4 bridgehead atoms. The summed E-state index contributed by atoms with van der Waals surface area (Å²) in [5.74, 6) is 2.11. The lowest BCUT2D eigenvalue weighted by atomic mass is 9.65. The number of nitrogens with one attached hydrogen (secondary N) is 1. The molecule has 6 heteroatoms. The second-order valence-electron chi connectivity index (χ2n) is 11.2. The average molecular weight is 462 g/mol. The van der Waals surface area contributed by atoms with Crippen molar-refractivity contribution in [3.05, 3.63) is 47.3 Å². The molecule has 6 nitrogen and oxygen atoms in total. The van der Waals surface area contributed by atoms with Crippen molar-refractivity contribution in [3.8, 4) is 5.69 Å². The summed E-state index contributed by atoms with van der Waals surface area (Å²) in [4.78, 5) is 26.2. The van der Waals surface area contributed by atoms with Crippen LogP contribution in [0.5, 0.6) is 0 Å². The second kappa shape index (κ2) is 8.24. The molecule has 1 aromatic heterocycles. The molecule has 5 aliphatic carbocycles. The van der Waals surface area contributed by atoms with Crippen LogP contribution in [0.25, 0.3) is 5.69 Å². The highest BCUT2D eigenvalue weighted by atomic mass is 16.5. The summed E-state index contributed by atoms with van der Waals surface area (Å²) in [6.45, 7) is 4.41. The number of carbonyl (C=O) groups excluding carboxylic acids is 2. The molecule has 4 fully saturated rings. The van der Waals surface area contributed by atoms with Gasteiger partial charge in [-0.25, -0.2) is 4.68 Å². The number of ether oxygens (including phenoxy) is 1. The van der Waals surface area contributed by atoms with Crippen LogP contribution in [0.2, 0.25) is 0 Å². The molecule has 180 valence electrons. The van der Waals surface area contributed by atoms with E-state index >= 15 is 0 Å². The van der Waals surface area contributed by atoms with E-state index in [0.717, 1.165) is 41.1 Å². The zero-order chi connectivity index (χ0) is 23.4. The quantitative estimate of drug-likeness (QED) is 0.644. The molecular weight excluding hydrogens is 426 g/mol. The number of esters is 1. The number of hydrogen-bond donors (Lipinski definition) is 1. The van der Waals surface area contributed by atoms with Crippen molar-refractivity contribution in [1.82, 2.24) is 15.1 Å². The topological polar surface area (TPSA) is 73.2 Å². The number of aromatic nitrogens is 2. The predicted molar refractivity (Wildman–Crippen MR) is 129 cm³/mol. The minimum absolute atomic E-state index is 0.0972. The fraction of sp³-hybridized carbons (Fsp3) is 0.607. The maximum atomic E-state index is 13.7. The predicted octanol–water partition coefficient (Wildman–Crippen LogP) is 4.48. The normalized spacial score (nSPS) is 31.8. The van der Waals surface area contributed by atoms with Crippen LogP contribution in [0.4, 0.5) is 0 Å². The lowest BCUT2D eigenvalue weighted by Gasteiger charge is -2.43. The van der Waals surface area contributed by atoms with E-state index in [1.807, 2.05) is 41.9 Å². The van der Waals surface area contributed by atoms with Gasteiger partial charge < -0.3 is 10.1 Å². The number of fused-ring (bicyclic) bond motifs is 1. The van der Waals surface area contributed by atoms with Crippen LogP contribution in [-0.4, -0.2) is 34.3 Å². The molecule has 4 atom stereocenters. The van der Waals surface area contributed by atoms with Gasteiger partial charge in [-0.2, -0.15) is 5.10 Å². The number of para-hydroxylation sites is 1. The summed E-state index contributed by atoms with van der Waals surface area (Å²) in [5, 5.41) is 8.21. The molecule has 1 heterocycles. The molecule has 0 radical (unpaired) electrons. The molecule has 34 heavy (non-hydrogen) atoms. The molecule has 4 unspecified atom stereocenters. The van der Waals surface area contributed by atoms with Crippen molar-refractivity contribution in [3.63, 3.8) is 0 Å². The first kappa shape index (κ1) is 21.9. The Morgan fingerprint density at radius 1 is 1.18 bits per heavy atom. The van der Waals surface area contributed by atoms with Crippen molar-refractivity contribution in [2.75, 3.05) is 6.61 Å². The minimum atomic E-state index is -0.218. The number of rotatable bonds is 6. The van der Waals surface area contributed by atoms with Gasteiger partial charge in [0.25, 0.3) is 5.91 Å². The third-order valence-corrected chi connectivity index (χ3v) is 9.34. The Morgan fingerprint density at radius 3 is 2.59 bits per heavy atom. The highest BCUT2D eigenvalue weighted by Crippen LogP contribution is 2.65. The molecule has 5 aliphatic rings. The van der Waals surface area contributed by atoms with Gasteiger partial charge in [0.2, 0.25) is 0 Å². The van der Waals surface area contributed by atoms with E-state index in [1.165, 1.54) is 32.1 Å². The first-order chi connectivity index (χ1) is 16.5. The summed E-state index contributed by atoms with van der Waals surface area (Å²) in [6, 6.07) is 10.1. The van der Waals surface area contributed by atoms with Gasteiger partial charge in [-0.1, -0.05) is 18.2 Å². The van der Waals surface area contributed by atoms with Gasteiger partial charge >= 0.3 is 5.97 Å². The molecule has 0 spiro atoms. The van der Waals surface area contributed by atoms with Gasteiger partial charge in [0.15, 0.2) is 5.69 Å². The smallest absolute Gasteiger partial charge is 0.309 e. The average Bonchev–Trinajstić information content (AvgIpc) is 3.44. The van der Waals surface area contributed by atoms with E-state index in [2.05, 4.69) is 12.2 Å². The summed E-state index contributed by atoms with van der Waals surface area (Å²) in [7, 11) is 0. The van der Waals surface area contributed by atoms with E-state index in [-0.39, 0.29) is 29.3 Å². The van der Waals surface area contributed by atoms with Crippen molar-refractivity contribution in [1.29, 1.82) is 0 Å². The van der Waals surface area contributed by atoms with Gasteiger partial charge in [-0.15, -0.1) is 0 Å². The standard InChI is InChI=1S/C28H35N3O3/c1-3-34-27(33)19-9-10-24-23(13-19)25(30-31(24)22-7-5-4-6-8-22)26(32)29-17(2)28-14-18-11-20(15-28)21(12-18)16-28/h4-8,17-21H,3,9-16H2,1-2H3,(H,29,32). The minimum Gasteiger partial charge on any atom is -0.466 e. The summed E-state index contributed by atoms with van der Waals surface area (Å²) >= 11 is 0. The molecule has 1 N–H and O–H groups in total. The lowest BCUT2D eigenvalue weighted by molar-refractivity contribution is -0.148. The Bertz CT molecular complexity index is 1090. The van der Waals surface area contributed by atoms with Crippen LogP contribution < -0.4 is 5.32 Å². The molecule has 4 saturated carbocycles. The summed E-state index contributed by atoms with van der Waals surface area (Å²) < 4.78 is 7.22. The molecule has 1 amide bonds. The number of hydrogen-bond acceptors (Lipinski definition) is 4. The molecule has 2 aromatic rings. The Labute approximate surface area is 201 Å². The number of nitrogens with zero attached hydrogens (tertiary/aromatic N) is 2. The molecule has 0 saturated heterocycles. The van der Waals surface area contributed by atoms with E-state index in [4.69, 9.17) is 9.84 Å². The van der Waals surface area contributed by atoms with Crippen molar-refractivity contribution in [2.45, 2.75) is 71.3 Å². The molecular formula is C28H35N3O3. The van der Waals surface area contributed by atoms with Crippen LogP contribution >= 0.6 is 0 Å². The third-order valence-electron chi connectivity index (χ3n) is 9.34. The van der Waals surface area contributed by atoms with Crippen molar-refractivity contribution in [2.24, 2.45) is 29.1 Å². The van der Waals surface area contributed by atoms with E-state index in [1.54, 1.807) is 0 Å². The molecule has 1 aromatic carbocycles. The summed E-state index contributed by atoms with van der Waals surface area (Å²) in [5.41, 5.74) is 3.63. The maximum Gasteiger partial charge on any atom is 0.309 e. The zero-order valence-corrected chi connectivity index (χ0v) is 20.3. The van der Waals surface area contributed by atoms with Gasteiger partial charge in [0, 0.05) is 17.3 Å². The number of carbonyl (C=O) groups is 2. The van der Waals surface area contributed by atoms with Crippen LogP contribution in [0, 0.1) is 29.1 Å². The molecule has 0 aliphatic heterocycles. The van der Waals surface area contributed by atoms with Gasteiger partial charge in [-0.3, -0.25) is 9.59 Å². The van der Waals surface area contributed by atoms with Crippen molar-refractivity contribution >= 4 is 11.9 Å². The highest BCUT2D eigenvalue weighted by Gasteiger charge is 2.58. The fourth-order valence-corrected chi connectivity index (χ4v) is 7.86. The van der Waals surface area contributed by atoms with E-state index in [0.29, 0.717) is 25.1 Å². The van der Waals surface area contributed by atoms with Gasteiger partial charge in [0.05, 0.1) is 18.2 Å². The second-order valence-corrected chi connectivity index (χ2v) is 11.2. The third kappa shape index (κ3) is 3.48. The maximum absolute atomic E-state index is 13.7. The van der Waals surface area contributed by atoms with Crippen LogP contribution in [0.15, 0.2) is 30.3 Å². The van der Waals surface area contributed by atoms with E-state index in [9.17, 15) is 9.59 Å². The first-order valence-corrected chi connectivity index (χ1v) is 13.1.